The summed E-state index contributed by atoms with van der Waals surface area (Å²) in [6, 6.07) is 10.0. The van der Waals surface area contributed by atoms with Crippen molar-refractivity contribution in [3.8, 4) is 5.75 Å². The molecule has 0 radical (unpaired) electrons. The lowest BCUT2D eigenvalue weighted by molar-refractivity contribution is 0.145. The number of rotatable bonds is 11. The highest BCUT2D eigenvalue weighted by Gasteiger charge is 2.02. The minimum absolute atomic E-state index is 0. The van der Waals surface area contributed by atoms with Crippen LogP contribution in [-0.2, 0) is 17.7 Å². The Morgan fingerprint density at radius 1 is 1.18 bits per heavy atom. The van der Waals surface area contributed by atoms with Gasteiger partial charge in [0, 0.05) is 32.7 Å². The maximum Gasteiger partial charge on any atom is 0.191 e. The zero-order chi connectivity index (χ0) is 19.3. The minimum atomic E-state index is 0. The largest absolute Gasteiger partial charge is 0.497 e. The average Bonchev–Trinajstić information content (AvgIpc) is 3.18. The van der Waals surface area contributed by atoms with E-state index in [9.17, 15) is 0 Å². The summed E-state index contributed by atoms with van der Waals surface area (Å²) in [7, 11) is 1.68. The van der Waals surface area contributed by atoms with Crippen molar-refractivity contribution in [1.82, 2.24) is 10.6 Å². The Hall–Kier alpha value is -1.74. The Bertz CT molecular complexity index is 690. The van der Waals surface area contributed by atoms with Crippen LogP contribution in [0.2, 0.25) is 0 Å². The first-order chi connectivity index (χ1) is 13.2. The molecule has 0 atom stereocenters. The highest BCUT2D eigenvalue weighted by atomic mass is 127. The first-order valence-corrected chi connectivity index (χ1v) is 9.48. The summed E-state index contributed by atoms with van der Waals surface area (Å²) in [5.41, 5.74) is 2.28. The summed E-state index contributed by atoms with van der Waals surface area (Å²) in [4.78, 5) is 4.71. The van der Waals surface area contributed by atoms with Gasteiger partial charge in [-0.05, 0) is 55.7 Å². The average molecular weight is 501 g/mol. The normalized spacial score (nSPS) is 11.0. The van der Waals surface area contributed by atoms with E-state index in [1.165, 1.54) is 0 Å². The molecule has 0 aliphatic rings. The molecule has 2 rings (SSSR count). The lowest BCUT2D eigenvalue weighted by atomic mass is 10.1. The molecule has 1 aromatic carbocycles. The van der Waals surface area contributed by atoms with Gasteiger partial charge in [-0.25, -0.2) is 4.99 Å². The molecule has 2 N–H and O–H groups in total. The van der Waals surface area contributed by atoms with Crippen LogP contribution in [0.3, 0.4) is 0 Å². The van der Waals surface area contributed by atoms with Crippen molar-refractivity contribution in [3.63, 3.8) is 0 Å². The Morgan fingerprint density at radius 2 is 2.00 bits per heavy atom. The third kappa shape index (κ3) is 9.45. The maximum absolute atomic E-state index is 5.39. The van der Waals surface area contributed by atoms with E-state index in [4.69, 9.17) is 18.9 Å². The Labute approximate surface area is 185 Å². The van der Waals surface area contributed by atoms with E-state index >= 15 is 0 Å². The van der Waals surface area contributed by atoms with Gasteiger partial charge in [0.25, 0.3) is 0 Å². The zero-order valence-electron chi connectivity index (χ0n) is 17.0. The van der Waals surface area contributed by atoms with Crippen LogP contribution in [0.25, 0.3) is 0 Å². The van der Waals surface area contributed by atoms with Gasteiger partial charge in [0.2, 0.25) is 0 Å². The topological polar surface area (TPSA) is 68.0 Å². The quantitative estimate of drug-likeness (QED) is 0.212. The van der Waals surface area contributed by atoms with Crippen molar-refractivity contribution in [2.24, 2.45) is 4.99 Å². The molecule has 28 heavy (non-hydrogen) atoms. The van der Waals surface area contributed by atoms with E-state index in [-0.39, 0.29) is 24.0 Å². The fraction of sp³-hybridized carbons (Fsp3) is 0.476. The number of aliphatic imine (C=N–C) groups is 1. The van der Waals surface area contributed by atoms with Gasteiger partial charge in [-0.1, -0.05) is 6.07 Å². The summed E-state index contributed by atoms with van der Waals surface area (Å²) < 4.78 is 16.1. The van der Waals surface area contributed by atoms with Gasteiger partial charge < -0.3 is 24.5 Å². The molecular weight excluding hydrogens is 469 g/mol. The molecule has 1 heterocycles. The van der Waals surface area contributed by atoms with E-state index in [0.29, 0.717) is 6.54 Å². The standard InChI is InChI=1S/C21H31N3O3.HI/c1-4-26-11-6-9-22-21(23-10-8-19-7-5-12-27-19)24-16-18-13-17(2)14-20(15-18)25-3;/h5,7,12-15H,4,6,8-11,16H2,1-3H3,(H2,22,23,24);1H. The summed E-state index contributed by atoms with van der Waals surface area (Å²) in [5.74, 6) is 2.61. The van der Waals surface area contributed by atoms with Crippen LogP contribution >= 0.6 is 24.0 Å². The van der Waals surface area contributed by atoms with Crippen LogP contribution in [0.15, 0.2) is 46.0 Å². The van der Waals surface area contributed by atoms with Gasteiger partial charge in [-0.3, -0.25) is 0 Å². The molecule has 0 aliphatic carbocycles. The molecule has 0 aliphatic heterocycles. The number of aryl methyl sites for hydroxylation is 1. The summed E-state index contributed by atoms with van der Waals surface area (Å²) in [6.07, 6.45) is 3.44. The molecule has 6 nitrogen and oxygen atoms in total. The monoisotopic (exact) mass is 501 g/mol. The van der Waals surface area contributed by atoms with Crippen LogP contribution < -0.4 is 15.4 Å². The SMILES string of the molecule is CCOCCCNC(=NCc1cc(C)cc(OC)c1)NCCc1ccco1.I. The van der Waals surface area contributed by atoms with Crippen molar-refractivity contribution in [1.29, 1.82) is 0 Å². The maximum atomic E-state index is 5.39. The second-order valence-corrected chi connectivity index (χ2v) is 6.26. The number of guanidine groups is 1. The molecule has 0 spiro atoms. The van der Waals surface area contributed by atoms with Crippen molar-refractivity contribution in [3.05, 3.63) is 53.5 Å². The van der Waals surface area contributed by atoms with E-state index in [0.717, 1.165) is 67.7 Å². The lowest BCUT2D eigenvalue weighted by Gasteiger charge is -2.13. The summed E-state index contributed by atoms with van der Waals surface area (Å²) in [5, 5.41) is 6.74. The second kappa shape index (κ2) is 14.3. The molecular formula is C21H32IN3O3. The fourth-order valence-corrected chi connectivity index (χ4v) is 2.66. The van der Waals surface area contributed by atoms with Gasteiger partial charge in [-0.15, -0.1) is 24.0 Å². The Kier molecular flexibility index (Phi) is 12.4. The van der Waals surface area contributed by atoms with E-state index in [1.807, 2.05) is 31.2 Å². The van der Waals surface area contributed by atoms with Crippen LogP contribution in [0.5, 0.6) is 5.75 Å². The number of methoxy groups -OCH3 is 1. The third-order valence-corrected chi connectivity index (χ3v) is 3.97. The molecule has 7 heteroatoms. The first-order valence-electron chi connectivity index (χ1n) is 9.48. The molecule has 0 bridgehead atoms. The number of furan rings is 1. The van der Waals surface area contributed by atoms with Crippen LogP contribution in [-0.4, -0.2) is 39.4 Å². The van der Waals surface area contributed by atoms with Crippen LogP contribution in [0, 0.1) is 6.92 Å². The molecule has 0 saturated heterocycles. The number of benzene rings is 1. The fourth-order valence-electron chi connectivity index (χ4n) is 2.66. The number of hydrogen-bond acceptors (Lipinski definition) is 4. The predicted molar refractivity (Wildman–Crippen MR) is 124 cm³/mol. The van der Waals surface area contributed by atoms with Crippen molar-refractivity contribution < 1.29 is 13.9 Å². The van der Waals surface area contributed by atoms with E-state index in [1.54, 1.807) is 13.4 Å². The molecule has 0 amide bonds. The smallest absolute Gasteiger partial charge is 0.191 e. The van der Waals surface area contributed by atoms with Crippen molar-refractivity contribution in [2.45, 2.75) is 33.2 Å². The number of nitrogens with zero attached hydrogens (tertiary/aromatic N) is 1. The van der Waals surface area contributed by atoms with Gasteiger partial charge in [0.05, 0.1) is 19.9 Å². The van der Waals surface area contributed by atoms with Crippen molar-refractivity contribution >= 4 is 29.9 Å². The predicted octanol–water partition coefficient (Wildman–Crippen LogP) is 3.92. The molecule has 0 unspecified atom stereocenters. The highest BCUT2D eigenvalue weighted by molar-refractivity contribution is 14.0. The second-order valence-electron chi connectivity index (χ2n) is 6.26. The first kappa shape index (κ1) is 24.3. The van der Waals surface area contributed by atoms with E-state index in [2.05, 4.69) is 23.6 Å². The minimum Gasteiger partial charge on any atom is -0.497 e. The molecule has 1 aromatic heterocycles. The van der Waals surface area contributed by atoms with Gasteiger partial charge >= 0.3 is 0 Å². The molecule has 156 valence electrons. The highest BCUT2D eigenvalue weighted by Crippen LogP contribution is 2.17. The zero-order valence-corrected chi connectivity index (χ0v) is 19.3. The van der Waals surface area contributed by atoms with Crippen LogP contribution in [0.1, 0.15) is 30.2 Å². The van der Waals surface area contributed by atoms with E-state index < -0.39 is 0 Å². The van der Waals surface area contributed by atoms with Gasteiger partial charge in [-0.2, -0.15) is 0 Å². The summed E-state index contributed by atoms with van der Waals surface area (Å²) in [6.45, 7) is 7.71. The lowest BCUT2D eigenvalue weighted by Crippen LogP contribution is -2.39. The van der Waals surface area contributed by atoms with Gasteiger partial charge in [0.1, 0.15) is 11.5 Å². The third-order valence-electron chi connectivity index (χ3n) is 3.97. The number of hydrogen-bond donors (Lipinski definition) is 2. The summed E-state index contributed by atoms with van der Waals surface area (Å²) >= 11 is 0. The molecule has 0 saturated carbocycles. The number of halogens is 1. The van der Waals surface area contributed by atoms with Crippen LogP contribution in [0.4, 0.5) is 0 Å². The Balaban J connectivity index is 0.00000392. The molecule has 2 aromatic rings. The number of ether oxygens (including phenoxy) is 2. The van der Waals surface area contributed by atoms with Gasteiger partial charge in [0.15, 0.2) is 5.96 Å². The number of nitrogens with one attached hydrogen (secondary N) is 2. The molecule has 0 fully saturated rings. The Morgan fingerprint density at radius 3 is 2.71 bits per heavy atom. The van der Waals surface area contributed by atoms with Crippen molar-refractivity contribution in [2.75, 3.05) is 33.4 Å².